The largest absolute Gasteiger partial charge is 0.389 e. The molecule has 3 nitrogen and oxygen atoms in total. The van der Waals surface area contributed by atoms with Crippen LogP contribution in [0.4, 0.5) is 5.69 Å². The van der Waals surface area contributed by atoms with Crippen LogP contribution >= 0.6 is 12.2 Å². The Morgan fingerprint density at radius 2 is 1.95 bits per heavy atom. The number of carbonyl (C=O) groups is 1. The van der Waals surface area contributed by atoms with Gasteiger partial charge in [0, 0.05) is 11.5 Å². The average molecular weight is 300 g/mol. The van der Waals surface area contributed by atoms with E-state index in [9.17, 15) is 4.79 Å². The third kappa shape index (κ3) is 1.92. The summed E-state index contributed by atoms with van der Waals surface area (Å²) in [6.45, 7) is 1.97. The number of aryl methyl sites for hydroxylation is 1. The first-order valence-electron chi connectivity index (χ1n) is 7.78. The number of nitrogens with one attached hydrogen (secondary N) is 1. The van der Waals surface area contributed by atoms with Crippen LogP contribution in [0.25, 0.3) is 0 Å². The Bertz CT molecular complexity index is 626. The van der Waals surface area contributed by atoms with Gasteiger partial charge in [0.2, 0.25) is 5.91 Å². The summed E-state index contributed by atoms with van der Waals surface area (Å²) in [5.41, 5.74) is 8.39. The van der Waals surface area contributed by atoms with Gasteiger partial charge in [-0.1, -0.05) is 24.4 Å². The van der Waals surface area contributed by atoms with E-state index < -0.39 is 0 Å². The molecule has 2 bridgehead atoms. The average Bonchev–Trinajstić information content (AvgIpc) is 2.87. The molecule has 3 saturated carbocycles. The predicted molar refractivity (Wildman–Crippen MR) is 87.0 cm³/mol. The number of anilines is 1. The zero-order valence-corrected chi connectivity index (χ0v) is 13.0. The first-order chi connectivity index (χ1) is 10.1. The topological polar surface area (TPSA) is 55.1 Å². The van der Waals surface area contributed by atoms with Crippen LogP contribution < -0.4 is 11.1 Å². The van der Waals surface area contributed by atoms with Crippen molar-refractivity contribution in [3.05, 3.63) is 29.3 Å². The molecule has 3 N–H and O–H groups in total. The fourth-order valence-electron chi connectivity index (χ4n) is 4.99. The maximum Gasteiger partial charge on any atom is 0.228 e. The third-order valence-electron chi connectivity index (χ3n) is 5.82. The van der Waals surface area contributed by atoms with Gasteiger partial charge in [-0.25, -0.2) is 0 Å². The van der Waals surface area contributed by atoms with Gasteiger partial charge in [-0.2, -0.15) is 0 Å². The summed E-state index contributed by atoms with van der Waals surface area (Å²) in [4.78, 5) is 12.9. The number of carbonyl (C=O) groups excluding carboxylic acids is 1. The quantitative estimate of drug-likeness (QED) is 0.844. The molecule has 4 rings (SSSR count). The Hall–Kier alpha value is -1.42. The highest BCUT2D eigenvalue weighted by Gasteiger charge is 2.67. The lowest BCUT2D eigenvalue weighted by Crippen LogP contribution is -2.22. The summed E-state index contributed by atoms with van der Waals surface area (Å²) < 4.78 is 0. The molecule has 4 unspecified atom stereocenters. The first kappa shape index (κ1) is 13.3. The van der Waals surface area contributed by atoms with E-state index in [-0.39, 0.29) is 11.8 Å². The van der Waals surface area contributed by atoms with Crippen LogP contribution in [-0.4, -0.2) is 10.9 Å². The molecule has 0 saturated heterocycles. The lowest BCUT2D eigenvalue weighted by molar-refractivity contribution is -0.118. The number of fused-ring (bicyclic) bond motifs is 5. The van der Waals surface area contributed by atoms with Gasteiger partial charge in [-0.05, 0) is 61.5 Å². The lowest BCUT2D eigenvalue weighted by Gasteiger charge is -2.14. The Labute approximate surface area is 130 Å². The first-order valence-corrected chi connectivity index (χ1v) is 8.19. The molecule has 3 fully saturated rings. The van der Waals surface area contributed by atoms with E-state index >= 15 is 0 Å². The summed E-state index contributed by atoms with van der Waals surface area (Å²) in [7, 11) is 0. The highest BCUT2D eigenvalue weighted by Crippen LogP contribution is 2.69. The zero-order valence-electron chi connectivity index (χ0n) is 12.1. The van der Waals surface area contributed by atoms with Crippen molar-refractivity contribution in [3.63, 3.8) is 0 Å². The number of hydrogen-bond donors (Lipinski definition) is 2. The fourth-order valence-corrected chi connectivity index (χ4v) is 5.26. The van der Waals surface area contributed by atoms with Crippen molar-refractivity contribution in [1.82, 2.24) is 0 Å². The van der Waals surface area contributed by atoms with Crippen LogP contribution in [0.1, 0.15) is 30.4 Å². The molecule has 0 heterocycles. The molecule has 4 atom stereocenters. The van der Waals surface area contributed by atoms with E-state index in [4.69, 9.17) is 18.0 Å². The summed E-state index contributed by atoms with van der Waals surface area (Å²) in [6.07, 6.45) is 4.03. The molecule has 1 amide bonds. The second-order valence-electron chi connectivity index (χ2n) is 6.86. The summed E-state index contributed by atoms with van der Waals surface area (Å²) in [6, 6.07) is 5.80. The number of benzene rings is 1. The number of nitrogens with two attached hydrogens (primary N) is 1. The van der Waals surface area contributed by atoms with Gasteiger partial charge in [0.15, 0.2) is 0 Å². The molecule has 0 aromatic heterocycles. The van der Waals surface area contributed by atoms with Crippen molar-refractivity contribution in [2.24, 2.45) is 35.3 Å². The Balaban J connectivity index is 1.54. The van der Waals surface area contributed by atoms with Crippen molar-refractivity contribution in [1.29, 1.82) is 0 Å². The number of amides is 1. The maximum atomic E-state index is 12.6. The summed E-state index contributed by atoms with van der Waals surface area (Å²) >= 11 is 5.13. The van der Waals surface area contributed by atoms with Gasteiger partial charge in [-0.15, -0.1) is 0 Å². The minimum absolute atomic E-state index is 0.171. The Morgan fingerprint density at radius 3 is 2.57 bits per heavy atom. The van der Waals surface area contributed by atoms with Gasteiger partial charge < -0.3 is 11.1 Å². The minimum atomic E-state index is 0.171. The van der Waals surface area contributed by atoms with Crippen LogP contribution in [0.3, 0.4) is 0 Å². The number of hydrogen-bond acceptors (Lipinski definition) is 2. The third-order valence-corrected chi connectivity index (χ3v) is 6.02. The molecule has 1 aromatic rings. The molecule has 3 aliphatic carbocycles. The van der Waals surface area contributed by atoms with Crippen LogP contribution in [0.5, 0.6) is 0 Å². The van der Waals surface area contributed by atoms with Crippen molar-refractivity contribution in [3.8, 4) is 0 Å². The van der Waals surface area contributed by atoms with Crippen molar-refractivity contribution >= 4 is 28.8 Å². The van der Waals surface area contributed by atoms with E-state index in [2.05, 4.69) is 5.32 Å². The summed E-state index contributed by atoms with van der Waals surface area (Å²) in [5, 5.41) is 3.09. The van der Waals surface area contributed by atoms with Crippen molar-refractivity contribution < 1.29 is 4.79 Å². The van der Waals surface area contributed by atoms with Crippen LogP contribution in [0.15, 0.2) is 18.2 Å². The number of thiocarbonyl (C=S) groups is 1. The van der Waals surface area contributed by atoms with Gasteiger partial charge in [0.05, 0.1) is 5.69 Å². The molecule has 3 aliphatic rings. The Kier molecular flexibility index (Phi) is 2.86. The SMILES string of the molecule is Cc1cccc(NC(=O)C2C3C4CCC(C4)C23)c1C(N)=S. The minimum Gasteiger partial charge on any atom is -0.389 e. The molecule has 21 heavy (non-hydrogen) atoms. The lowest BCUT2D eigenvalue weighted by atomic mass is 10.0. The van der Waals surface area contributed by atoms with E-state index in [0.717, 1.165) is 28.7 Å². The standard InChI is InChI=1S/C17H20N2OS/c1-8-3-2-4-11(12(8)16(18)21)19-17(20)15-13-9-5-6-10(7-9)14(13)15/h2-4,9-10,13-15H,5-7H2,1H3,(H2,18,21)(H,19,20). The molecule has 110 valence electrons. The second-order valence-corrected chi connectivity index (χ2v) is 7.30. The van der Waals surface area contributed by atoms with Gasteiger partial charge in [0.25, 0.3) is 0 Å². The van der Waals surface area contributed by atoms with E-state index in [1.54, 1.807) is 0 Å². The second kappa shape index (κ2) is 4.54. The normalized spacial score (nSPS) is 35.4. The van der Waals surface area contributed by atoms with E-state index in [1.165, 1.54) is 19.3 Å². The van der Waals surface area contributed by atoms with E-state index in [1.807, 2.05) is 25.1 Å². The Morgan fingerprint density at radius 1 is 1.29 bits per heavy atom. The molecular weight excluding hydrogens is 280 g/mol. The van der Waals surface area contributed by atoms with Gasteiger partial charge in [-0.3, -0.25) is 4.79 Å². The zero-order chi connectivity index (χ0) is 14.7. The summed E-state index contributed by atoms with van der Waals surface area (Å²) in [5.74, 6) is 3.33. The number of rotatable bonds is 3. The molecular formula is C17H20N2OS. The van der Waals surface area contributed by atoms with Crippen LogP contribution in [-0.2, 0) is 4.79 Å². The van der Waals surface area contributed by atoms with E-state index in [0.29, 0.717) is 16.8 Å². The van der Waals surface area contributed by atoms with Crippen molar-refractivity contribution in [2.45, 2.75) is 26.2 Å². The maximum absolute atomic E-state index is 12.6. The molecule has 0 radical (unpaired) electrons. The van der Waals surface area contributed by atoms with Crippen LogP contribution in [0, 0.1) is 36.5 Å². The van der Waals surface area contributed by atoms with Gasteiger partial charge >= 0.3 is 0 Å². The highest BCUT2D eigenvalue weighted by atomic mass is 32.1. The van der Waals surface area contributed by atoms with Gasteiger partial charge in [0.1, 0.15) is 4.99 Å². The molecule has 4 heteroatoms. The van der Waals surface area contributed by atoms with Crippen LogP contribution in [0.2, 0.25) is 0 Å². The molecule has 0 aliphatic heterocycles. The fraction of sp³-hybridized carbons (Fsp3) is 0.529. The smallest absolute Gasteiger partial charge is 0.228 e. The molecule has 1 aromatic carbocycles. The van der Waals surface area contributed by atoms with Crippen molar-refractivity contribution in [2.75, 3.05) is 5.32 Å². The highest BCUT2D eigenvalue weighted by molar-refractivity contribution is 7.80. The monoisotopic (exact) mass is 300 g/mol. The molecule has 0 spiro atoms. The predicted octanol–water partition coefficient (Wildman–Crippen LogP) is 2.86.